The molecule has 0 aliphatic carbocycles. The van der Waals surface area contributed by atoms with Crippen molar-refractivity contribution in [2.24, 2.45) is 0 Å². The molecule has 1 amide bonds. The van der Waals surface area contributed by atoms with Crippen LogP contribution >= 0.6 is 11.6 Å². The molecule has 5 nitrogen and oxygen atoms in total. The van der Waals surface area contributed by atoms with Gasteiger partial charge < -0.3 is 14.8 Å². The lowest BCUT2D eigenvalue weighted by Gasteiger charge is -2.20. The third-order valence-electron chi connectivity index (χ3n) is 4.25. The maximum absolute atomic E-state index is 13.3. The van der Waals surface area contributed by atoms with Crippen molar-refractivity contribution in [3.05, 3.63) is 64.7 Å². The predicted octanol–water partition coefficient (Wildman–Crippen LogP) is 3.83. The summed E-state index contributed by atoms with van der Waals surface area (Å²) >= 11 is 5.84. The van der Waals surface area contributed by atoms with Crippen molar-refractivity contribution < 1.29 is 23.5 Å². The molecule has 136 valence electrons. The number of carbonyl (C=O) groups excluding carboxylic acids is 2. The van der Waals surface area contributed by atoms with Gasteiger partial charge in [0.15, 0.2) is 5.54 Å². The number of carbonyl (C=O) groups is 2. The van der Waals surface area contributed by atoms with Crippen LogP contribution in [0.25, 0.3) is 0 Å². The standard InChI is InChI=1S/C19H17ClFNO4/c20-15-5-1-14(2-6-15)11-25-16-7-3-13(4-8-16)9-10-19(17(21)23)12-26-18(24)22-19/h1-8H,9-12H2,(H,22,24). The summed E-state index contributed by atoms with van der Waals surface area (Å²) in [5, 5.41) is 2.94. The number of rotatable bonds is 7. The fraction of sp³-hybridized carbons (Fsp3) is 0.263. The highest BCUT2D eigenvalue weighted by Gasteiger charge is 2.46. The van der Waals surface area contributed by atoms with Gasteiger partial charge >= 0.3 is 12.1 Å². The van der Waals surface area contributed by atoms with Crippen LogP contribution in [0.3, 0.4) is 0 Å². The first-order valence-corrected chi connectivity index (χ1v) is 8.46. The Morgan fingerprint density at radius 2 is 1.81 bits per heavy atom. The molecule has 2 aromatic carbocycles. The Hall–Kier alpha value is -2.60. The lowest BCUT2D eigenvalue weighted by atomic mass is 9.93. The van der Waals surface area contributed by atoms with E-state index in [-0.39, 0.29) is 13.0 Å². The molecule has 1 unspecified atom stereocenters. The van der Waals surface area contributed by atoms with Crippen LogP contribution in [-0.4, -0.2) is 24.3 Å². The van der Waals surface area contributed by atoms with Gasteiger partial charge in [0, 0.05) is 5.02 Å². The molecule has 1 N–H and O–H groups in total. The molecule has 7 heteroatoms. The Morgan fingerprint density at radius 3 is 2.38 bits per heavy atom. The summed E-state index contributed by atoms with van der Waals surface area (Å²) in [7, 11) is 0. The Labute approximate surface area is 155 Å². The second-order valence-corrected chi connectivity index (χ2v) is 6.55. The average molecular weight is 378 g/mol. The third-order valence-corrected chi connectivity index (χ3v) is 4.50. The number of alkyl carbamates (subject to hydrolysis) is 1. The Morgan fingerprint density at radius 1 is 1.15 bits per heavy atom. The Balaban J connectivity index is 1.55. The molecular formula is C19H17ClFNO4. The fourth-order valence-electron chi connectivity index (χ4n) is 2.65. The van der Waals surface area contributed by atoms with Crippen molar-refractivity contribution in [2.75, 3.05) is 6.61 Å². The van der Waals surface area contributed by atoms with Crippen molar-refractivity contribution in [1.29, 1.82) is 0 Å². The summed E-state index contributed by atoms with van der Waals surface area (Å²) in [5.74, 6) is 0.692. The van der Waals surface area contributed by atoms with Crippen LogP contribution in [0.1, 0.15) is 17.5 Å². The monoisotopic (exact) mass is 377 g/mol. The number of cyclic esters (lactones) is 1. The summed E-state index contributed by atoms with van der Waals surface area (Å²) in [6.45, 7) is 0.128. The molecule has 0 spiro atoms. The lowest BCUT2D eigenvalue weighted by molar-refractivity contribution is -0.136. The van der Waals surface area contributed by atoms with E-state index in [9.17, 15) is 14.0 Å². The highest BCUT2D eigenvalue weighted by atomic mass is 35.5. The minimum absolute atomic E-state index is 0.124. The zero-order chi connectivity index (χ0) is 18.6. The largest absolute Gasteiger partial charge is 0.489 e. The first-order chi connectivity index (χ1) is 12.5. The molecule has 1 aliphatic heterocycles. The minimum atomic E-state index is -1.59. The normalized spacial score (nSPS) is 18.9. The van der Waals surface area contributed by atoms with Gasteiger partial charge in [0.25, 0.3) is 0 Å². The molecule has 26 heavy (non-hydrogen) atoms. The van der Waals surface area contributed by atoms with Crippen LogP contribution in [0.5, 0.6) is 5.75 Å². The van der Waals surface area contributed by atoms with Crippen molar-refractivity contribution in [3.8, 4) is 5.75 Å². The van der Waals surface area contributed by atoms with E-state index in [4.69, 9.17) is 16.3 Å². The van der Waals surface area contributed by atoms with Gasteiger partial charge in [-0.25, -0.2) is 4.79 Å². The SMILES string of the molecule is O=C1NC(CCc2ccc(OCc3ccc(Cl)cc3)cc2)(C(=O)F)CO1. The van der Waals surface area contributed by atoms with Crippen LogP contribution in [0.2, 0.25) is 5.02 Å². The van der Waals surface area contributed by atoms with Crippen molar-refractivity contribution in [2.45, 2.75) is 25.0 Å². The van der Waals surface area contributed by atoms with E-state index in [1.54, 1.807) is 24.3 Å². The maximum atomic E-state index is 13.3. The molecule has 1 aliphatic rings. The van der Waals surface area contributed by atoms with Gasteiger partial charge in [-0.2, -0.15) is 4.39 Å². The highest BCUT2D eigenvalue weighted by molar-refractivity contribution is 6.30. The van der Waals surface area contributed by atoms with E-state index >= 15 is 0 Å². The van der Waals surface area contributed by atoms with E-state index in [1.165, 1.54) is 0 Å². The summed E-state index contributed by atoms with van der Waals surface area (Å²) in [5.41, 5.74) is 0.311. The van der Waals surface area contributed by atoms with Crippen molar-refractivity contribution in [1.82, 2.24) is 5.32 Å². The summed E-state index contributed by atoms with van der Waals surface area (Å²) in [4.78, 5) is 22.4. The predicted molar refractivity (Wildman–Crippen MR) is 93.9 cm³/mol. The van der Waals surface area contributed by atoms with Gasteiger partial charge in [-0.1, -0.05) is 35.9 Å². The summed E-state index contributed by atoms with van der Waals surface area (Å²) < 4.78 is 23.7. The first-order valence-electron chi connectivity index (χ1n) is 8.08. The first kappa shape index (κ1) is 18.2. The Kier molecular flexibility index (Phi) is 5.42. The van der Waals surface area contributed by atoms with Gasteiger partial charge in [0.1, 0.15) is 19.0 Å². The van der Waals surface area contributed by atoms with Crippen molar-refractivity contribution >= 4 is 23.7 Å². The van der Waals surface area contributed by atoms with Crippen molar-refractivity contribution in [3.63, 3.8) is 0 Å². The number of benzene rings is 2. The fourth-order valence-corrected chi connectivity index (χ4v) is 2.78. The summed E-state index contributed by atoms with van der Waals surface area (Å²) in [6, 6.07) is 13.1. The smallest absolute Gasteiger partial charge is 0.408 e. The molecule has 0 bridgehead atoms. The van der Waals surface area contributed by atoms with Crippen LogP contribution in [0.15, 0.2) is 48.5 Å². The molecule has 0 radical (unpaired) electrons. The molecular weight excluding hydrogens is 361 g/mol. The summed E-state index contributed by atoms with van der Waals surface area (Å²) in [6.07, 6.45) is -0.238. The van der Waals surface area contributed by atoms with Crippen LogP contribution in [-0.2, 0) is 22.6 Å². The molecule has 3 rings (SSSR count). The number of nitrogens with one attached hydrogen (secondary N) is 1. The van der Waals surface area contributed by atoms with E-state index < -0.39 is 17.7 Å². The van der Waals surface area contributed by atoms with E-state index in [0.29, 0.717) is 23.8 Å². The third kappa shape index (κ3) is 4.32. The Bertz CT molecular complexity index is 794. The second kappa shape index (κ2) is 7.74. The second-order valence-electron chi connectivity index (χ2n) is 6.12. The van der Waals surface area contributed by atoms with Crippen LogP contribution in [0.4, 0.5) is 9.18 Å². The number of hydrogen-bond donors (Lipinski definition) is 1. The molecule has 0 aromatic heterocycles. The van der Waals surface area contributed by atoms with Gasteiger partial charge in [-0.15, -0.1) is 0 Å². The van der Waals surface area contributed by atoms with E-state index in [0.717, 1.165) is 11.1 Å². The van der Waals surface area contributed by atoms with Gasteiger partial charge in [-0.05, 0) is 48.2 Å². The molecule has 1 heterocycles. The quantitative estimate of drug-likeness (QED) is 0.745. The number of amides is 1. The number of ether oxygens (including phenoxy) is 2. The van der Waals surface area contributed by atoms with E-state index in [1.807, 2.05) is 24.3 Å². The number of halogens is 2. The van der Waals surface area contributed by atoms with Gasteiger partial charge in [0.2, 0.25) is 0 Å². The number of aryl methyl sites for hydroxylation is 1. The van der Waals surface area contributed by atoms with E-state index in [2.05, 4.69) is 10.1 Å². The zero-order valence-electron chi connectivity index (χ0n) is 13.8. The molecule has 0 saturated carbocycles. The molecule has 1 atom stereocenters. The zero-order valence-corrected chi connectivity index (χ0v) is 14.6. The van der Waals surface area contributed by atoms with Gasteiger partial charge in [-0.3, -0.25) is 4.79 Å². The maximum Gasteiger partial charge on any atom is 0.408 e. The number of hydrogen-bond acceptors (Lipinski definition) is 4. The van der Waals surface area contributed by atoms with Crippen LogP contribution < -0.4 is 10.1 Å². The van der Waals surface area contributed by atoms with Gasteiger partial charge in [0.05, 0.1) is 0 Å². The highest BCUT2D eigenvalue weighted by Crippen LogP contribution is 2.23. The molecule has 2 aromatic rings. The van der Waals surface area contributed by atoms with Crippen LogP contribution in [0, 0.1) is 0 Å². The minimum Gasteiger partial charge on any atom is -0.489 e. The topological polar surface area (TPSA) is 64.6 Å². The lowest BCUT2D eigenvalue weighted by Crippen LogP contribution is -2.49. The molecule has 1 saturated heterocycles. The average Bonchev–Trinajstić information content (AvgIpc) is 3.03. The molecule has 1 fully saturated rings.